The Morgan fingerprint density at radius 2 is 1.27 bits per heavy atom. The van der Waals surface area contributed by atoms with E-state index in [1.807, 2.05) is 0 Å². The maximum atomic E-state index is 10.1. The first kappa shape index (κ1) is 20.9. The molecule has 0 aromatic heterocycles. The third-order valence-electron chi connectivity index (χ3n) is 1.25. The molecule has 0 bridgehead atoms. The van der Waals surface area contributed by atoms with E-state index < -0.39 is 36.4 Å². The first-order valence-electron chi connectivity index (χ1n) is 3.11. The number of carboxylic acid groups (broad SMARTS) is 3. The van der Waals surface area contributed by atoms with Gasteiger partial charge in [0.25, 0.3) is 0 Å². The fourth-order valence-electron chi connectivity index (χ4n) is 0.684. The minimum atomic E-state index is -2.97. The molecule has 0 spiro atoms. The number of hydrogen-bond donors (Lipinski definition) is 1. The van der Waals surface area contributed by atoms with Gasteiger partial charge in [0.1, 0.15) is 5.60 Å². The van der Waals surface area contributed by atoms with E-state index in [0.717, 1.165) is 0 Å². The van der Waals surface area contributed by atoms with E-state index in [1.165, 1.54) is 0 Å². The van der Waals surface area contributed by atoms with Crippen molar-refractivity contribution in [1.82, 2.24) is 0 Å². The molecule has 0 aliphatic heterocycles. The van der Waals surface area contributed by atoms with Gasteiger partial charge in [0.2, 0.25) is 0 Å². The third kappa shape index (κ3) is 8.35. The average molecular weight is 284 g/mol. The van der Waals surface area contributed by atoms with Gasteiger partial charge in [0.15, 0.2) is 0 Å². The fourth-order valence-corrected chi connectivity index (χ4v) is 0.684. The molecule has 80 valence electrons. The summed E-state index contributed by atoms with van der Waals surface area (Å²) in [5.41, 5.74) is -2.97. The predicted molar refractivity (Wildman–Crippen MR) is 29.2 cm³/mol. The van der Waals surface area contributed by atoms with Crippen LogP contribution in [0.15, 0.2) is 0 Å². The van der Waals surface area contributed by atoms with Crippen molar-refractivity contribution in [1.29, 1.82) is 0 Å². The molecule has 0 saturated heterocycles. The van der Waals surface area contributed by atoms with E-state index in [1.54, 1.807) is 0 Å². The Balaban J connectivity index is -0.000000720. The van der Waals surface area contributed by atoms with Gasteiger partial charge in [-0.2, -0.15) is 0 Å². The van der Waals surface area contributed by atoms with Crippen LogP contribution in [-0.2, 0) is 31.5 Å². The van der Waals surface area contributed by atoms with Crippen LogP contribution in [0.3, 0.4) is 0 Å². The fraction of sp³-hybridized carbons (Fsp3) is 0.500. The summed E-state index contributed by atoms with van der Waals surface area (Å²) in [7, 11) is 0. The second-order valence-corrected chi connectivity index (χ2v) is 2.42. The first-order chi connectivity index (χ1) is 5.78. The molecule has 0 unspecified atom stereocenters. The van der Waals surface area contributed by atoms with E-state index in [2.05, 4.69) is 0 Å². The Bertz CT molecular complexity index is 238. The van der Waals surface area contributed by atoms with E-state index in [9.17, 15) is 29.7 Å². The number of carboxylic acids is 3. The summed E-state index contributed by atoms with van der Waals surface area (Å²) in [6.07, 6.45) is -2.72. The minimum Gasteiger partial charge on any atom is -0.550 e. The number of carbonyl (C=O) groups excluding carboxylic acids is 3. The van der Waals surface area contributed by atoms with E-state index >= 15 is 0 Å². The van der Waals surface area contributed by atoms with Crippen LogP contribution in [0.25, 0.3) is 0 Å². The van der Waals surface area contributed by atoms with Gasteiger partial charge in [0.05, 0.1) is 5.97 Å². The van der Waals surface area contributed by atoms with Crippen LogP contribution in [-0.4, -0.2) is 28.6 Å². The zero-order valence-corrected chi connectivity index (χ0v) is 11.9. The molecular formula is C6H5FeKO7. The van der Waals surface area contributed by atoms with E-state index in [-0.39, 0.29) is 68.5 Å². The standard InChI is InChI=1S/C6H8O7.Fe.K/c7-3(8)1-6(13,5(11)12)2-4(9)10;;/h13H,1-2H2,(H,7,8)(H,9,10)(H,11,12);;/q;+2;+1/p-3. The van der Waals surface area contributed by atoms with Crippen molar-refractivity contribution in [3.63, 3.8) is 0 Å². The zero-order chi connectivity index (χ0) is 10.6. The molecule has 0 radical (unpaired) electrons. The largest absolute Gasteiger partial charge is 2.00 e. The summed E-state index contributed by atoms with van der Waals surface area (Å²) in [5.74, 6) is -5.98. The van der Waals surface area contributed by atoms with Crippen molar-refractivity contribution in [2.45, 2.75) is 18.4 Å². The van der Waals surface area contributed by atoms with Gasteiger partial charge in [-0.25, -0.2) is 0 Å². The Labute approximate surface area is 138 Å². The zero-order valence-electron chi connectivity index (χ0n) is 7.66. The molecule has 0 saturated carbocycles. The smallest absolute Gasteiger partial charge is 0.550 e. The van der Waals surface area contributed by atoms with Crippen molar-refractivity contribution in [3.8, 4) is 0 Å². The van der Waals surface area contributed by atoms with Crippen LogP contribution in [0.2, 0.25) is 0 Å². The van der Waals surface area contributed by atoms with Gasteiger partial charge in [0, 0.05) is 24.8 Å². The summed E-state index contributed by atoms with van der Waals surface area (Å²) in [6, 6.07) is 0. The van der Waals surface area contributed by atoms with Crippen molar-refractivity contribution >= 4 is 17.9 Å². The number of rotatable bonds is 5. The summed E-state index contributed by atoms with van der Waals surface area (Å²) in [4.78, 5) is 30.0. The maximum absolute atomic E-state index is 10.1. The number of hydrogen-bond acceptors (Lipinski definition) is 7. The Morgan fingerprint density at radius 3 is 1.40 bits per heavy atom. The summed E-state index contributed by atoms with van der Waals surface area (Å²) in [6.45, 7) is 0. The molecule has 1 N–H and O–H groups in total. The molecule has 0 fully saturated rings. The number of carbonyl (C=O) groups is 3. The van der Waals surface area contributed by atoms with Gasteiger partial charge < -0.3 is 34.8 Å². The molecule has 7 nitrogen and oxygen atoms in total. The quantitative estimate of drug-likeness (QED) is 0.494. The monoisotopic (exact) mass is 284 g/mol. The molecule has 9 heteroatoms. The van der Waals surface area contributed by atoms with Gasteiger partial charge in [-0.15, -0.1) is 0 Å². The summed E-state index contributed by atoms with van der Waals surface area (Å²) < 4.78 is 0. The van der Waals surface area contributed by atoms with Gasteiger partial charge in [-0.3, -0.25) is 0 Å². The average Bonchev–Trinajstić information content (AvgIpc) is 1.82. The topological polar surface area (TPSA) is 141 Å². The van der Waals surface area contributed by atoms with Gasteiger partial charge in [-0.1, -0.05) is 0 Å². The number of aliphatic carboxylic acids is 3. The number of aliphatic hydroxyl groups is 1. The van der Waals surface area contributed by atoms with Crippen molar-refractivity contribution in [2.24, 2.45) is 0 Å². The molecule has 0 atom stereocenters. The summed E-state index contributed by atoms with van der Waals surface area (Å²) >= 11 is 0. The maximum Gasteiger partial charge on any atom is 2.00 e. The Morgan fingerprint density at radius 1 is 1.00 bits per heavy atom. The molecule has 0 aliphatic rings. The second-order valence-electron chi connectivity index (χ2n) is 2.42. The molecule has 0 aromatic rings. The van der Waals surface area contributed by atoms with Crippen LogP contribution in [0, 0.1) is 0 Å². The van der Waals surface area contributed by atoms with Crippen LogP contribution >= 0.6 is 0 Å². The first-order valence-corrected chi connectivity index (χ1v) is 3.11. The van der Waals surface area contributed by atoms with Gasteiger partial charge >= 0.3 is 68.5 Å². The molecule has 0 rings (SSSR count). The van der Waals surface area contributed by atoms with Crippen molar-refractivity contribution < 1.29 is 103 Å². The minimum absolute atomic E-state index is 0. The second kappa shape index (κ2) is 8.65. The van der Waals surface area contributed by atoms with Crippen LogP contribution in [0.1, 0.15) is 12.8 Å². The Hall–Kier alpha value is 0.526. The van der Waals surface area contributed by atoms with Crippen LogP contribution in [0.4, 0.5) is 0 Å². The molecular weight excluding hydrogens is 279 g/mol. The van der Waals surface area contributed by atoms with Crippen molar-refractivity contribution in [3.05, 3.63) is 0 Å². The van der Waals surface area contributed by atoms with E-state index in [4.69, 9.17) is 5.11 Å². The molecule has 0 heterocycles. The van der Waals surface area contributed by atoms with Gasteiger partial charge in [-0.05, 0) is 0 Å². The molecule has 0 aliphatic carbocycles. The molecule has 15 heavy (non-hydrogen) atoms. The summed E-state index contributed by atoms with van der Waals surface area (Å²) in [5, 5.41) is 38.9. The SMILES string of the molecule is O=C([O-])CC(O)(CC(=O)[O-])C(=O)[O-].[Fe+2].[K+]. The van der Waals surface area contributed by atoms with Crippen LogP contribution in [0.5, 0.6) is 0 Å². The molecule has 0 amide bonds. The van der Waals surface area contributed by atoms with Crippen molar-refractivity contribution in [2.75, 3.05) is 0 Å². The molecule has 0 aromatic carbocycles. The van der Waals surface area contributed by atoms with E-state index in [0.29, 0.717) is 0 Å². The Kier molecular flexibility index (Phi) is 12.0. The predicted octanol–water partition coefficient (Wildman–Crippen LogP) is -8.25. The van der Waals surface area contributed by atoms with Crippen LogP contribution < -0.4 is 66.7 Å². The normalized spacial score (nSPS) is 9.40. The third-order valence-corrected chi connectivity index (χ3v) is 1.25.